The lowest BCUT2D eigenvalue weighted by Crippen LogP contribution is -2.29. The molecule has 1 aliphatic rings. The minimum Gasteiger partial charge on any atom is -0.376 e. The number of aryl methyl sites for hydroxylation is 1. The summed E-state index contributed by atoms with van der Waals surface area (Å²) in [6, 6.07) is 5.38. The van der Waals surface area contributed by atoms with Crippen LogP contribution in [0.3, 0.4) is 0 Å². The summed E-state index contributed by atoms with van der Waals surface area (Å²) in [5.41, 5.74) is 2.19. The molecular formula is C20H24N5O3+. The van der Waals surface area contributed by atoms with Gasteiger partial charge in [-0.1, -0.05) is 4.98 Å². The van der Waals surface area contributed by atoms with E-state index in [0.717, 1.165) is 25.0 Å². The highest BCUT2D eigenvalue weighted by molar-refractivity contribution is 6.01. The number of carbonyl (C=O) groups is 1. The number of nitrogens with one attached hydrogen (secondary N) is 3. The molecule has 0 saturated carbocycles. The Labute approximate surface area is 161 Å². The van der Waals surface area contributed by atoms with Gasteiger partial charge in [-0.05, 0) is 44.4 Å². The fraction of sp³-hybridized carbons (Fsp3) is 0.400. The number of nitrogens with zero attached hydrogens (tertiary/aromatic N) is 2. The molecule has 4 heterocycles. The number of aromatic nitrogens is 3. The molecule has 1 saturated heterocycles. The molecule has 1 aliphatic heterocycles. The third kappa shape index (κ3) is 3.43. The standard InChI is InChI=1S/C20H23N5O3/c1-3-21-19(26)14-9-15-18(24-17(14)22-10-13-5-4-8-28-13)23-16-7-6-12(2)11-25(16)20(15)27/h6-7,9,11,13H,3-5,8,10H2,1-2H3,(H,21,26)(H,22,24)/p+1/t13-/m1/s1. The molecule has 0 spiro atoms. The zero-order chi connectivity index (χ0) is 19.7. The fourth-order valence-corrected chi connectivity index (χ4v) is 3.48. The summed E-state index contributed by atoms with van der Waals surface area (Å²) < 4.78 is 7.19. The van der Waals surface area contributed by atoms with Crippen LogP contribution in [0.4, 0.5) is 5.82 Å². The van der Waals surface area contributed by atoms with Crippen molar-refractivity contribution in [1.82, 2.24) is 14.7 Å². The van der Waals surface area contributed by atoms with Crippen LogP contribution in [0.25, 0.3) is 16.7 Å². The van der Waals surface area contributed by atoms with Crippen molar-refractivity contribution >= 4 is 28.4 Å². The normalized spacial score (nSPS) is 16.6. The van der Waals surface area contributed by atoms with E-state index in [0.29, 0.717) is 41.2 Å². The van der Waals surface area contributed by atoms with Crippen LogP contribution < -0.4 is 21.2 Å². The number of aromatic amines is 1. The van der Waals surface area contributed by atoms with Crippen molar-refractivity contribution in [2.45, 2.75) is 32.8 Å². The first-order chi connectivity index (χ1) is 13.6. The monoisotopic (exact) mass is 382 g/mol. The number of hydrogen-bond acceptors (Lipinski definition) is 5. The number of pyridine rings is 2. The number of amides is 1. The van der Waals surface area contributed by atoms with Crippen molar-refractivity contribution < 1.29 is 14.5 Å². The minimum absolute atomic E-state index is 0.105. The topological polar surface area (TPSA) is 98.9 Å². The lowest BCUT2D eigenvalue weighted by molar-refractivity contribution is -0.319. The Morgan fingerprint density at radius 3 is 3.04 bits per heavy atom. The van der Waals surface area contributed by atoms with E-state index >= 15 is 0 Å². The van der Waals surface area contributed by atoms with Crippen LogP contribution >= 0.6 is 0 Å². The molecule has 8 nitrogen and oxygen atoms in total. The fourth-order valence-electron chi connectivity index (χ4n) is 3.48. The smallest absolute Gasteiger partial charge is 0.325 e. The second-order valence-electron chi connectivity index (χ2n) is 7.05. The highest BCUT2D eigenvalue weighted by atomic mass is 16.5. The van der Waals surface area contributed by atoms with E-state index in [2.05, 4.69) is 20.6 Å². The molecule has 0 unspecified atom stereocenters. The van der Waals surface area contributed by atoms with Gasteiger partial charge in [0.15, 0.2) is 0 Å². The molecule has 0 aromatic carbocycles. The zero-order valence-electron chi connectivity index (χ0n) is 16.0. The van der Waals surface area contributed by atoms with E-state index in [-0.39, 0.29) is 17.6 Å². The molecule has 8 heteroatoms. The number of fused-ring (bicyclic) bond motifs is 2. The van der Waals surface area contributed by atoms with Gasteiger partial charge in [0, 0.05) is 25.8 Å². The SMILES string of the molecule is CCNC(=O)c1cc2c(=O)n3cc(C)ccc3[nH+]c2nc1NC[C@H]1CCCO1. The van der Waals surface area contributed by atoms with Gasteiger partial charge in [0.2, 0.25) is 11.5 Å². The molecule has 3 N–H and O–H groups in total. The molecule has 146 valence electrons. The highest BCUT2D eigenvalue weighted by Gasteiger charge is 2.23. The maximum absolute atomic E-state index is 13.0. The molecule has 0 aliphatic carbocycles. The van der Waals surface area contributed by atoms with Gasteiger partial charge in [-0.15, -0.1) is 0 Å². The number of anilines is 1. The van der Waals surface area contributed by atoms with Crippen molar-refractivity contribution in [1.29, 1.82) is 0 Å². The summed E-state index contributed by atoms with van der Waals surface area (Å²) in [5, 5.41) is 6.40. The molecular weight excluding hydrogens is 358 g/mol. The summed E-state index contributed by atoms with van der Waals surface area (Å²) in [5.74, 6) is 0.182. The van der Waals surface area contributed by atoms with Crippen molar-refractivity contribution in [3.8, 4) is 0 Å². The van der Waals surface area contributed by atoms with Gasteiger partial charge in [-0.2, -0.15) is 4.40 Å². The second-order valence-corrected chi connectivity index (χ2v) is 7.05. The lowest BCUT2D eigenvalue weighted by Gasteiger charge is -2.12. The average molecular weight is 382 g/mol. The van der Waals surface area contributed by atoms with Crippen LogP contribution in [-0.4, -0.2) is 41.1 Å². The first-order valence-corrected chi connectivity index (χ1v) is 9.59. The van der Waals surface area contributed by atoms with Crippen molar-refractivity contribution in [3.05, 3.63) is 45.9 Å². The number of ether oxygens (including phenoxy) is 1. The zero-order valence-corrected chi connectivity index (χ0v) is 16.0. The highest BCUT2D eigenvalue weighted by Crippen LogP contribution is 2.19. The Morgan fingerprint density at radius 1 is 1.43 bits per heavy atom. The van der Waals surface area contributed by atoms with Crippen molar-refractivity contribution in [2.24, 2.45) is 0 Å². The van der Waals surface area contributed by atoms with Crippen LogP contribution in [-0.2, 0) is 4.74 Å². The summed E-state index contributed by atoms with van der Waals surface area (Å²) in [4.78, 5) is 33.3. The molecule has 1 atom stereocenters. The maximum Gasteiger partial charge on any atom is 0.325 e. The number of hydrogen-bond donors (Lipinski definition) is 2. The van der Waals surface area contributed by atoms with Gasteiger partial charge < -0.3 is 15.4 Å². The Hall–Kier alpha value is -3.00. The summed E-state index contributed by atoms with van der Waals surface area (Å²) >= 11 is 0. The van der Waals surface area contributed by atoms with Gasteiger partial charge in [0.1, 0.15) is 10.9 Å². The molecule has 1 fully saturated rings. The Bertz CT molecular complexity index is 1100. The molecule has 4 rings (SSSR count). The van der Waals surface area contributed by atoms with Gasteiger partial charge in [-0.25, -0.2) is 9.78 Å². The minimum atomic E-state index is -0.263. The van der Waals surface area contributed by atoms with Crippen LogP contribution in [0.15, 0.2) is 29.2 Å². The first-order valence-electron chi connectivity index (χ1n) is 9.59. The van der Waals surface area contributed by atoms with Crippen LogP contribution in [0, 0.1) is 6.92 Å². The lowest BCUT2D eigenvalue weighted by atomic mass is 10.1. The summed E-state index contributed by atoms with van der Waals surface area (Å²) in [6.45, 7) is 5.59. The number of H-pyrrole nitrogens is 1. The van der Waals surface area contributed by atoms with Crippen LogP contribution in [0.1, 0.15) is 35.7 Å². The molecule has 0 radical (unpaired) electrons. The summed E-state index contributed by atoms with van der Waals surface area (Å²) in [7, 11) is 0. The van der Waals surface area contributed by atoms with Crippen molar-refractivity contribution in [3.63, 3.8) is 0 Å². The number of rotatable bonds is 5. The van der Waals surface area contributed by atoms with Crippen LogP contribution in [0.5, 0.6) is 0 Å². The molecule has 0 bridgehead atoms. The van der Waals surface area contributed by atoms with Gasteiger partial charge in [0.25, 0.3) is 11.6 Å². The predicted octanol–water partition coefficient (Wildman–Crippen LogP) is 1.31. The second kappa shape index (κ2) is 7.55. The largest absolute Gasteiger partial charge is 0.376 e. The Morgan fingerprint density at radius 2 is 2.29 bits per heavy atom. The van der Waals surface area contributed by atoms with E-state index in [4.69, 9.17) is 4.74 Å². The average Bonchev–Trinajstić information content (AvgIpc) is 3.20. The Kier molecular flexibility index (Phi) is 4.95. The number of carbonyl (C=O) groups excluding carboxylic acids is 1. The van der Waals surface area contributed by atoms with E-state index < -0.39 is 0 Å². The van der Waals surface area contributed by atoms with E-state index in [1.54, 1.807) is 16.7 Å². The van der Waals surface area contributed by atoms with E-state index in [1.165, 1.54) is 0 Å². The van der Waals surface area contributed by atoms with Crippen molar-refractivity contribution in [2.75, 3.05) is 25.0 Å². The van der Waals surface area contributed by atoms with Gasteiger partial charge in [-0.3, -0.25) is 4.79 Å². The summed E-state index contributed by atoms with van der Waals surface area (Å²) in [6.07, 6.45) is 3.89. The van der Waals surface area contributed by atoms with E-state index in [1.807, 2.05) is 26.0 Å². The first kappa shape index (κ1) is 18.4. The third-order valence-corrected chi connectivity index (χ3v) is 4.92. The molecule has 3 aromatic rings. The van der Waals surface area contributed by atoms with Gasteiger partial charge >= 0.3 is 5.56 Å². The molecule has 3 aromatic heterocycles. The Balaban J connectivity index is 1.84. The van der Waals surface area contributed by atoms with E-state index in [9.17, 15) is 9.59 Å². The van der Waals surface area contributed by atoms with Crippen LogP contribution in [0.2, 0.25) is 0 Å². The quantitative estimate of drug-likeness (QED) is 0.649. The third-order valence-electron chi connectivity index (χ3n) is 4.92. The predicted molar refractivity (Wildman–Crippen MR) is 106 cm³/mol. The molecule has 1 amide bonds. The molecule has 28 heavy (non-hydrogen) atoms. The maximum atomic E-state index is 13.0. The van der Waals surface area contributed by atoms with Gasteiger partial charge in [0.05, 0.1) is 12.3 Å².